The number of likely N-dealkylation sites (N-methyl/N-ethyl adjacent to an activating group) is 1. The van der Waals surface area contributed by atoms with Crippen molar-refractivity contribution in [2.45, 2.75) is 40.3 Å². The van der Waals surface area contributed by atoms with E-state index in [9.17, 15) is 0 Å². The molecule has 1 aromatic rings. The maximum atomic E-state index is 4.11. The minimum absolute atomic E-state index is 0.466. The molecule has 1 aromatic heterocycles. The lowest BCUT2D eigenvalue weighted by Gasteiger charge is -2.14. The third-order valence-electron chi connectivity index (χ3n) is 2.55. The van der Waals surface area contributed by atoms with Crippen molar-refractivity contribution in [3.63, 3.8) is 0 Å². The molecule has 1 rings (SSSR count). The zero-order valence-electron chi connectivity index (χ0n) is 10.7. The SMILES string of the molecule is CCNCC(C)NCc1cc(C)nnc1C. The molecule has 4 heteroatoms. The van der Waals surface area contributed by atoms with Gasteiger partial charge in [-0.15, -0.1) is 0 Å². The summed E-state index contributed by atoms with van der Waals surface area (Å²) < 4.78 is 0. The topological polar surface area (TPSA) is 49.8 Å². The van der Waals surface area contributed by atoms with E-state index in [2.05, 4.69) is 40.7 Å². The molecule has 2 N–H and O–H groups in total. The van der Waals surface area contributed by atoms with Gasteiger partial charge in [0.05, 0.1) is 11.4 Å². The van der Waals surface area contributed by atoms with Crippen LogP contribution in [0.15, 0.2) is 6.07 Å². The van der Waals surface area contributed by atoms with E-state index in [1.165, 1.54) is 5.56 Å². The van der Waals surface area contributed by atoms with Crippen LogP contribution in [0.2, 0.25) is 0 Å². The molecule has 0 fully saturated rings. The molecule has 0 saturated carbocycles. The molecule has 16 heavy (non-hydrogen) atoms. The van der Waals surface area contributed by atoms with Crippen LogP contribution >= 0.6 is 0 Å². The Bertz CT molecular complexity index is 325. The lowest BCUT2D eigenvalue weighted by molar-refractivity contribution is 0.507. The van der Waals surface area contributed by atoms with Crippen LogP contribution in [-0.2, 0) is 6.54 Å². The van der Waals surface area contributed by atoms with Crippen LogP contribution in [0, 0.1) is 13.8 Å². The largest absolute Gasteiger partial charge is 0.315 e. The van der Waals surface area contributed by atoms with Crippen LogP contribution in [0.4, 0.5) is 0 Å². The van der Waals surface area contributed by atoms with Crippen molar-refractivity contribution < 1.29 is 0 Å². The first kappa shape index (κ1) is 13.1. The van der Waals surface area contributed by atoms with Gasteiger partial charge in [0.15, 0.2) is 0 Å². The zero-order valence-corrected chi connectivity index (χ0v) is 10.7. The monoisotopic (exact) mass is 222 g/mol. The third kappa shape index (κ3) is 4.24. The van der Waals surface area contributed by atoms with Gasteiger partial charge in [0, 0.05) is 19.1 Å². The molecule has 0 radical (unpaired) electrons. The first-order valence-corrected chi connectivity index (χ1v) is 5.87. The van der Waals surface area contributed by atoms with Crippen molar-refractivity contribution in [1.29, 1.82) is 0 Å². The fourth-order valence-corrected chi connectivity index (χ4v) is 1.50. The van der Waals surface area contributed by atoms with E-state index in [0.29, 0.717) is 6.04 Å². The molecule has 1 heterocycles. The lowest BCUT2D eigenvalue weighted by atomic mass is 10.2. The number of nitrogens with zero attached hydrogens (tertiary/aromatic N) is 2. The Hall–Kier alpha value is -1.00. The first-order valence-electron chi connectivity index (χ1n) is 5.87. The summed E-state index contributed by atoms with van der Waals surface area (Å²) in [6.07, 6.45) is 0. The highest BCUT2D eigenvalue weighted by Crippen LogP contribution is 2.04. The van der Waals surface area contributed by atoms with Crippen LogP contribution in [0.25, 0.3) is 0 Å². The van der Waals surface area contributed by atoms with E-state index in [1.54, 1.807) is 0 Å². The summed E-state index contributed by atoms with van der Waals surface area (Å²) in [5, 5.41) is 14.9. The smallest absolute Gasteiger partial charge is 0.0645 e. The number of rotatable bonds is 6. The van der Waals surface area contributed by atoms with Gasteiger partial charge in [-0.25, -0.2) is 0 Å². The summed E-state index contributed by atoms with van der Waals surface area (Å²) in [7, 11) is 0. The first-order chi connectivity index (χ1) is 7.63. The van der Waals surface area contributed by atoms with Gasteiger partial charge >= 0.3 is 0 Å². The summed E-state index contributed by atoms with van der Waals surface area (Å²) in [4.78, 5) is 0. The summed E-state index contributed by atoms with van der Waals surface area (Å²) in [6, 6.07) is 2.56. The molecule has 0 aliphatic heterocycles. The Kier molecular flexibility index (Phi) is 5.35. The molecule has 0 bridgehead atoms. The maximum absolute atomic E-state index is 4.11. The zero-order chi connectivity index (χ0) is 12.0. The van der Waals surface area contributed by atoms with Gasteiger partial charge in [-0.05, 0) is 38.9 Å². The third-order valence-corrected chi connectivity index (χ3v) is 2.55. The van der Waals surface area contributed by atoms with Gasteiger partial charge < -0.3 is 10.6 Å². The van der Waals surface area contributed by atoms with E-state index in [-0.39, 0.29) is 0 Å². The molecule has 0 spiro atoms. The molecule has 0 aliphatic carbocycles. The van der Waals surface area contributed by atoms with Gasteiger partial charge in [0.2, 0.25) is 0 Å². The van der Waals surface area contributed by atoms with E-state index in [1.807, 2.05) is 13.8 Å². The summed E-state index contributed by atoms with van der Waals surface area (Å²) in [5.74, 6) is 0. The van der Waals surface area contributed by atoms with Gasteiger partial charge in [-0.1, -0.05) is 6.92 Å². The Morgan fingerprint density at radius 1 is 1.31 bits per heavy atom. The Balaban J connectivity index is 2.44. The maximum Gasteiger partial charge on any atom is 0.0645 e. The summed E-state index contributed by atoms with van der Waals surface area (Å²) >= 11 is 0. The number of hydrogen-bond donors (Lipinski definition) is 2. The average Bonchev–Trinajstić information content (AvgIpc) is 2.27. The highest BCUT2D eigenvalue weighted by molar-refractivity contribution is 5.19. The standard InChI is InChI=1S/C12H22N4/c1-5-13-7-10(3)14-8-12-6-9(2)15-16-11(12)4/h6,10,13-14H,5,7-8H2,1-4H3. The number of nitrogens with one attached hydrogen (secondary N) is 2. The van der Waals surface area contributed by atoms with Crippen molar-refractivity contribution in [1.82, 2.24) is 20.8 Å². The van der Waals surface area contributed by atoms with E-state index in [0.717, 1.165) is 31.0 Å². The Morgan fingerprint density at radius 3 is 2.75 bits per heavy atom. The van der Waals surface area contributed by atoms with Crippen molar-refractivity contribution in [2.24, 2.45) is 0 Å². The molecular weight excluding hydrogens is 200 g/mol. The van der Waals surface area contributed by atoms with Crippen molar-refractivity contribution >= 4 is 0 Å². The summed E-state index contributed by atoms with van der Waals surface area (Å²) in [5.41, 5.74) is 3.21. The molecule has 1 unspecified atom stereocenters. The Labute approximate surface area is 97.9 Å². The van der Waals surface area contributed by atoms with Gasteiger partial charge in [-0.3, -0.25) is 0 Å². The number of aryl methyl sites for hydroxylation is 2. The minimum atomic E-state index is 0.466. The second kappa shape index (κ2) is 6.55. The van der Waals surface area contributed by atoms with Crippen molar-refractivity contribution in [2.75, 3.05) is 13.1 Å². The summed E-state index contributed by atoms with van der Waals surface area (Å²) in [6.45, 7) is 11.1. The highest BCUT2D eigenvalue weighted by Gasteiger charge is 2.04. The molecule has 1 atom stereocenters. The molecule has 0 aliphatic rings. The number of hydrogen-bond acceptors (Lipinski definition) is 4. The quantitative estimate of drug-likeness (QED) is 0.759. The predicted octanol–water partition coefficient (Wildman–Crippen LogP) is 1.18. The van der Waals surface area contributed by atoms with E-state index < -0.39 is 0 Å². The predicted molar refractivity (Wildman–Crippen MR) is 66.4 cm³/mol. The van der Waals surface area contributed by atoms with Crippen LogP contribution in [-0.4, -0.2) is 29.3 Å². The second-order valence-electron chi connectivity index (χ2n) is 4.19. The van der Waals surface area contributed by atoms with Crippen LogP contribution < -0.4 is 10.6 Å². The second-order valence-corrected chi connectivity index (χ2v) is 4.19. The molecule has 0 saturated heterocycles. The van der Waals surface area contributed by atoms with Gasteiger partial charge in [-0.2, -0.15) is 10.2 Å². The molecule has 0 amide bonds. The van der Waals surface area contributed by atoms with E-state index >= 15 is 0 Å². The van der Waals surface area contributed by atoms with Crippen LogP contribution in [0.1, 0.15) is 30.8 Å². The van der Waals surface area contributed by atoms with Crippen molar-refractivity contribution in [3.05, 3.63) is 23.0 Å². The molecule has 0 aromatic carbocycles. The Morgan fingerprint density at radius 2 is 2.06 bits per heavy atom. The minimum Gasteiger partial charge on any atom is -0.315 e. The average molecular weight is 222 g/mol. The lowest BCUT2D eigenvalue weighted by Crippen LogP contribution is -2.36. The van der Waals surface area contributed by atoms with E-state index in [4.69, 9.17) is 0 Å². The van der Waals surface area contributed by atoms with Crippen LogP contribution in [0.5, 0.6) is 0 Å². The van der Waals surface area contributed by atoms with Crippen molar-refractivity contribution in [3.8, 4) is 0 Å². The fraction of sp³-hybridized carbons (Fsp3) is 0.667. The molecule has 90 valence electrons. The normalized spacial score (nSPS) is 12.8. The van der Waals surface area contributed by atoms with Gasteiger partial charge in [0.25, 0.3) is 0 Å². The fourth-order valence-electron chi connectivity index (χ4n) is 1.50. The molecular formula is C12H22N4. The number of aromatic nitrogens is 2. The molecule has 4 nitrogen and oxygen atoms in total. The highest BCUT2D eigenvalue weighted by atomic mass is 15.1. The van der Waals surface area contributed by atoms with Gasteiger partial charge in [0.1, 0.15) is 0 Å². The van der Waals surface area contributed by atoms with Crippen LogP contribution in [0.3, 0.4) is 0 Å².